The third kappa shape index (κ3) is 4.86. The molecule has 1 saturated heterocycles. The molecule has 7 heteroatoms. The molecule has 1 amide bonds. The van der Waals surface area contributed by atoms with Crippen LogP contribution in [-0.4, -0.2) is 53.1 Å². The summed E-state index contributed by atoms with van der Waals surface area (Å²) in [6, 6.07) is 1.51. The number of nitrogens with one attached hydrogen (secondary N) is 1. The predicted octanol–water partition coefficient (Wildman–Crippen LogP) is 0.642. The number of hydrogen-bond acceptors (Lipinski definition) is 6. The van der Waals surface area contributed by atoms with E-state index in [0.717, 1.165) is 37.6 Å². The topological polar surface area (TPSA) is 84.1 Å². The van der Waals surface area contributed by atoms with Gasteiger partial charge in [-0.25, -0.2) is 9.97 Å². The van der Waals surface area contributed by atoms with Gasteiger partial charge in [0.25, 0.3) is 0 Å². The summed E-state index contributed by atoms with van der Waals surface area (Å²) in [5, 5.41) is 3.06. The lowest BCUT2D eigenvalue weighted by molar-refractivity contribution is -0.123. The smallest absolute Gasteiger partial charge is 0.237 e. The number of thioether (sulfide) groups is 1. The highest BCUT2D eigenvalue weighted by molar-refractivity contribution is 7.98. The van der Waals surface area contributed by atoms with Crippen molar-refractivity contribution in [2.45, 2.75) is 31.3 Å². The number of rotatable bonds is 6. The van der Waals surface area contributed by atoms with Crippen LogP contribution in [0.25, 0.3) is 0 Å². The molecule has 0 radical (unpaired) electrons. The molecule has 1 aromatic rings. The summed E-state index contributed by atoms with van der Waals surface area (Å²) >= 11 is 1.71. The van der Waals surface area contributed by atoms with Crippen LogP contribution in [0.3, 0.4) is 0 Å². The summed E-state index contributed by atoms with van der Waals surface area (Å²) in [4.78, 5) is 22.7. The first-order valence-electron chi connectivity index (χ1n) is 7.27. The maximum atomic E-state index is 12.1. The highest BCUT2D eigenvalue weighted by Gasteiger charge is 2.24. The quantitative estimate of drug-likeness (QED) is 0.802. The summed E-state index contributed by atoms with van der Waals surface area (Å²) in [6.07, 6.45) is 8.20. The minimum Gasteiger partial charge on any atom is -0.350 e. The Bertz CT molecular complexity index is 444. The third-order valence-corrected chi connectivity index (χ3v) is 4.22. The largest absolute Gasteiger partial charge is 0.350 e. The maximum Gasteiger partial charge on any atom is 0.237 e. The zero-order chi connectivity index (χ0) is 15.1. The fraction of sp³-hybridized carbons (Fsp3) is 0.643. The van der Waals surface area contributed by atoms with Crippen LogP contribution in [0, 0.1) is 0 Å². The van der Waals surface area contributed by atoms with Crippen LogP contribution in [0.2, 0.25) is 0 Å². The van der Waals surface area contributed by atoms with E-state index in [0.29, 0.717) is 6.42 Å². The molecule has 3 N–H and O–H groups in total. The molecule has 0 aromatic carbocycles. The number of nitrogens with two attached hydrogens (primary N) is 1. The van der Waals surface area contributed by atoms with Gasteiger partial charge in [0, 0.05) is 31.5 Å². The second kappa shape index (κ2) is 8.19. The minimum absolute atomic E-state index is 0.0510. The zero-order valence-electron chi connectivity index (χ0n) is 12.4. The molecule has 1 aliphatic rings. The Morgan fingerprint density at radius 2 is 2.33 bits per heavy atom. The second-order valence-corrected chi connectivity index (χ2v) is 6.22. The summed E-state index contributed by atoms with van der Waals surface area (Å²) < 4.78 is 0. The number of aromatic nitrogens is 2. The number of anilines is 1. The van der Waals surface area contributed by atoms with Crippen LogP contribution in [0.15, 0.2) is 18.5 Å². The van der Waals surface area contributed by atoms with Crippen LogP contribution in [0.5, 0.6) is 0 Å². The Hall–Kier alpha value is -1.34. The first-order valence-corrected chi connectivity index (χ1v) is 8.67. The number of hydrogen-bond donors (Lipinski definition) is 2. The molecule has 2 rings (SSSR count). The van der Waals surface area contributed by atoms with E-state index >= 15 is 0 Å². The Morgan fingerprint density at radius 3 is 3.05 bits per heavy atom. The summed E-state index contributed by atoms with van der Waals surface area (Å²) in [7, 11) is 0. The molecule has 116 valence electrons. The Balaban J connectivity index is 1.85. The maximum absolute atomic E-state index is 12.1. The van der Waals surface area contributed by atoms with Crippen LogP contribution in [-0.2, 0) is 4.79 Å². The van der Waals surface area contributed by atoms with E-state index in [1.54, 1.807) is 30.2 Å². The van der Waals surface area contributed by atoms with Crippen LogP contribution >= 0.6 is 11.8 Å². The average molecular weight is 309 g/mol. The molecule has 1 aromatic heterocycles. The first kappa shape index (κ1) is 16.0. The highest BCUT2D eigenvalue weighted by atomic mass is 32.2. The van der Waals surface area contributed by atoms with E-state index in [1.807, 2.05) is 6.26 Å². The Kier molecular flexibility index (Phi) is 6.25. The van der Waals surface area contributed by atoms with Gasteiger partial charge in [0.1, 0.15) is 0 Å². The summed E-state index contributed by atoms with van der Waals surface area (Å²) in [5.41, 5.74) is 5.90. The van der Waals surface area contributed by atoms with Gasteiger partial charge >= 0.3 is 0 Å². The highest BCUT2D eigenvalue weighted by Crippen LogP contribution is 2.15. The predicted molar refractivity (Wildman–Crippen MR) is 86.4 cm³/mol. The van der Waals surface area contributed by atoms with Gasteiger partial charge < -0.3 is 16.0 Å². The van der Waals surface area contributed by atoms with Crippen molar-refractivity contribution >= 4 is 23.6 Å². The van der Waals surface area contributed by atoms with Gasteiger partial charge in [0.2, 0.25) is 11.9 Å². The summed E-state index contributed by atoms with van der Waals surface area (Å²) in [6.45, 7) is 1.67. The zero-order valence-corrected chi connectivity index (χ0v) is 13.2. The van der Waals surface area contributed by atoms with Crippen molar-refractivity contribution in [1.29, 1.82) is 0 Å². The van der Waals surface area contributed by atoms with Gasteiger partial charge in [0.15, 0.2) is 0 Å². The fourth-order valence-electron chi connectivity index (χ4n) is 2.42. The minimum atomic E-state index is -0.416. The lowest BCUT2D eigenvalue weighted by atomic mass is 10.1. The Labute approximate surface area is 129 Å². The molecule has 0 saturated carbocycles. The normalized spacial score (nSPS) is 20.1. The average Bonchev–Trinajstić information content (AvgIpc) is 2.53. The van der Waals surface area contributed by atoms with Crippen LogP contribution in [0.1, 0.15) is 19.3 Å². The lowest BCUT2D eigenvalue weighted by Gasteiger charge is -2.33. The molecule has 1 aliphatic heterocycles. The monoisotopic (exact) mass is 309 g/mol. The van der Waals surface area contributed by atoms with Crippen molar-refractivity contribution in [3.05, 3.63) is 18.5 Å². The molecule has 0 bridgehead atoms. The summed E-state index contributed by atoms with van der Waals surface area (Å²) in [5.74, 6) is 1.58. The van der Waals surface area contributed by atoms with Crippen LogP contribution in [0.4, 0.5) is 5.95 Å². The molecule has 21 heavy (non-hydrogen) atoms. The van der Waals surface area contributed by atoms with Crippen molar-refractivity contribution in [2.24, 2.45) is 5.73 Å². The molecule has 2 heterocycles. The molecule has 1 fully saturated rings. The molecular weight excluding hydrogens is 286 g/mol. The van der Waals surface area contributed by atoms with Crippen LogP contribution < -0.4 is 16.0 Å². The lowest BCUT2D eigenvalue weighted by Crippen LogP contribution is -2.52. The van der Waals surface area contributed by atoms with Gasteiger partial charge in [-0.1, -0.05) is 0 Å². The number of carbonyl (C=O) groups excluding carboxylic acids is 1. The molecular formula is C14H23N5OS. The Morgan fingerprint density at radius 1 is 1.57 bits per heavy atom. The van der Waals surface area contributed by atoms with E-state index in [1.165, 1.54) is 0 Å². The van der Waals surface area contributed by atoms with E-state index in [-0.39, 0.29) is 11.9 Å². The van der Waals surface area contributed by atoms with Gasteiger partial charge in [-0.15, -0.1) is 0 Å². The third-order valence-electron chi connectivity index (χ3n) is 3.57. The SMILES string of the molecule is CSCC[C@H](N)C(=O)NC1CCCN(c2ncccn2)C1. The number of piperidine rings is 1. The van der Waals surface area contributed by atoms with E-state index in [2.05, 4.69) is 20.2 Å². The molecule has 0 aliphatic carbocycles. The van der Waals surface area contributed by atoms with Gasteiger partial charge in [-0.3, -0.25) is 4.79 Å². The number of amides is 1. The van der Waals surface area contributed by atoms with Crippen molar-refractivity contribution < 1.29 is 4.79 Å². The van der Waals surface area contributed by atoms with Gasteiger partial charge in [0.05, 0.1) is 6.04 Å². The van der Waals surface area contributed by atoms with Gasteiger partial charge in [-0.05, 0) is 37.3 Å². The van der Waals surface area contributed by atoms with Gasteiger partial charge in [-0.2, -0.15) is 11.8 Å². The van der Waals surface area contributed by atoms with E-state index < -0.39 is 6.04 Å². The van der Waals surface area contributed by atoms with Crippen molar-refractivity contribution in [2.75, 3.05) is 30.0 Å². The second-order valence-electron chi connectivity index (χ2n) is 5.23. The molecule has 0 spiro atoms. The first-order chi connectivity index (χ1) is 10.2. The van der Waals surface area contributed by atoms with Crippen molar-refractivity contribution in [3.63, 3.8) is 0 Å². The fourth-order valence-corrected chi connectivity index (χ4v) is 2.90. The molecule has 6 nitrogen and oxygen atoms in total. The van der Waals surface area contributed by atoms with Crippen molar-refractivity contribution in [3.8, 4) is 0 Å². The molecule has 1 unspecified atom stereocenters. The van der Waals surface area contributed by atoms with E-state index in [9.17, 15) is 4.79 Å². The number of carbonyl (C=O) groups is 1. The molecule has 2 atom stereocenters. The number of nitrogens with zero attached hydrogens (tertiary/aromatic N) is 3. The van der Waals surface area contributed by atoms with E-state index in [4.69, 9.17) is 5.73 Å². The van der Waals surface area contributed by atoms with Crippen molar-refractivity contribution in [1.82, 2.24) is 15.3 Å². The standard InChI is InChI=1S/C14H23N5OS/c1-21-9-5-12(15)13(20)18-11-4-2-8-19(10-11)14-16-6-3-7-17-14/h3,6-7,11-12H,2,4-5,8-10,15H2,1H3,(H,18,20)/t11?,12-/m0/s1.